The van der Waals surface area contributed by atoms with E-state index < -0.39 is 5.97 Å². The van der Waals surface area contributed by atoms with Crippen LogP contribution in [-0.2, 0) is 4.74 Å². The fourth-order valence-corrected chi connectivity index (χ4v) is 1.26. The molecule has 15 heavy (non-hydrogen) atoms. The number of anilines is 1. The van der Waals surface area contributed by atoms with E-state index >= 15 is 0 Å². The first-order chi connectivity index (χ1) is 7.22. The van der Waals surface area contributed by atoms with Crippen molar-refractivity contribution in [3.63, 3.8) is 0 Å². The van der Waals surface area contributed by atoms with Crippen molar-refractivity contribution in [1.29, 1.82) is 0 Å². The molecule has 0 N–H and O–H groups in total. The van der Waals surface area contributed by atoms with Crippen LogP contribution in [0.15, 0.2) is 12.4 Å². The molecule has 1 aromatic rings. The van der Waals surface area contributed by atoms with E-state index in [1.165, 1.54) is 13.3 Å². The summed E-state index contributed by atoms with van der Waals surface area (Å²) in [5, 5.41) is 0. The summed E-state index contributed by atoms with van der Waals surface area (Å²) in [7, 11) is 1.33. The topological polar surface area (TPSA) is 55.3 Å². The second-order valence-corrected chi connectivity index (χ2v) is 2.93. The number of nitrogens with zero attached hydrogens (tertiary/aromatic N) is 3. The maximum absolute atomic E-state index is 11.2. The minimum absolute atomic E-state index is 0.238. The third kappa shape index (κ3) is 2.65. The first-order valence-electron chi connectivity index (χ1n) is 4.88. The van der Waals surface area contributed by atoms with Crippen LogP contribution in [0.2, 0.25) is 0 Å². The van der Waals surface area contributed by atoms with E-state index in [1.54, 1.807) is 6.20 Å². The molecule has 0 aliphatic rings. The molecule has 0 amide bonds. The van der Waals surface area contributed by atoms with Crippen molar-refractivity contribution >= 4 is 11.8 Å². The molecule has 0 fully saturated rings. The monoisotopic (exact) mass is 209 g/mol. The number of carbonyl (C=O) groups is 1. The average molecular weight is 209 g/mol. The summed E-state index contributed by atoms with van der Waals surface area (Å²) in [6.45, 7) is 5.71. The molecule has 0 aliphatic heterocycles. The zero-order chi connectivity index (χ0) is 11.3. The maximum Gasteiger partial charge on any atom is 0.358 e. The van der Waals surface area contributed by atoms with Crippen LogP contribution >= 0.6 is 0 Å². The van der Waals surface area contributed by atoms with Crippen molar-refractivity contribution in [2.45, 2.75) is 13.8 Å². The number of methoxy groups -OCH3 is 1. The molecule has 0 unspecified atom stereocenters. The molecule has 5 nitrogen and oxygen atoms in total. The molecular formula is C10H15N3O2. The van der Waals surface area contributed by atoms with Gasteiger partial charge in [0.05, 0.1) is 19.5 Å². The Morgan fingerprint density at radius 2 is 2.07 bits per heavy atom. The molecule has 82 valence electrons. The van der Waals surface area contributed by atoms with E-state index in [9.17, 15) is 4.79 Å². The number of rotatable bonds is 4. The molecule has 1 rings (SSSR count). The number of aromatic nitrogens is 2. The lowest BCUT2D eigenvalue weighted by Gasteiger charge is -2.19. The SMILES string of the molecule is CCN(CC)c1cncc(C(=O)OC)n1. The highest BCUT2D eigenvalue weighted by molar-refractivity contribution is 5.87. The van der Waals surface area contributed by atoms with Crippen molar-refractivity contribution in [3.8, 4) is 0 Å². The van der Waals surface area contributed by atoms with Crippen molar-refractivity contribution < 1.29 is 9.53 Å². The Labute approximate surface area is 89.1 Å². The zero-order valence-electron chi connectivity index (χ0n) is 9.23. The van der Waals surface area contributed by atoms with Gasteiger partial charge in [0, 0.05) is 13.1 Å². The van der Waals surface area contributed by atoms with Crippen LogP contribution in [0.25, 0.3) is 0 Å². The normalized spacial score (nSPS) is 9.80. The molecule has 0 bridgehead atoms. The Bertz CT molecular complexity index is 337. The minimum atomic E-state index is -0.462. The van der Waals surface area contributed by atoms with E-state index in [2.05, 4.69) is 14.7 Å². The van der Waals surface area contributed by atoms with Gasteiger partial charge >= 0.3 is 5.97 Å². The number of carbonyl (C=O) groups excluding carboxylic acids is 1. The van der Waals surface area contributed by atoms with E-state index in [4.69, 9.17) is 0 Å². The molecule has 0 atom stereocenters. The van der Waals surface area contributed by atoms with Gasteiger partial charge in [-0.1, -0.05) is 0 Å². The van der Waals surface area contributed by atoms with E-state index in [0.29, 0.717) is 5.82 Å². The van der Waals surface area contributed by atoms with Crippen LogP contribution in [0.3, 0.4) is 0 Å². The van der Waals surface area contributed by atoms with E-state index in [1.807, 2.05) is 18.7 Å². The van der Waals surface area contributed by atoms with Crippen LogP contribution in [0, 0.1) is 0 Å². The Morgan fingerprint density at radius 3 is 2.60 bits per heavy atom. The van der Waals surface area contributed by atoms with E-state index in [0.717, 1.165) is 13.1 Å². The second kappa shape index (κ2) is 5.29. The van der Waals surface area contributed by atoms with Gasteiger partial charge in [-0.3, -0.25) is 4.98 Å². The van der Waals surface area contributed by atoms with Crippen LogP contribution in [0.4, 0.5) is 5.82 Å². The summed E-state index contributed by atoms with van der Waals surface area (Å²) in [5.74, 6) is 0.236. The lowest BCUT2D eigenvalue weighted by Crippen LogP contribution is -2.24. The Kier molecular flexibility index (Phi) is 4.03. The van der Waals surface area contributed by atoms with Gasteiger partial charge in [0.25, 0.3) is 0 Å². The van der Waals surface area contributed by atoms with Crippen LogP contribution in [0.1, 0.15) is 24.3 Å². The van der Waals surface area contributed by atoms with Crippen molar-refractivity contribution in [2.24, 2.45) is 0 Å². The molecule has 1 heterocycles. The van der Waals surface area contributed by atoms with Gasteiger partial charge in [0.15, 0.2) is 5.69 Å². The van der Waals surface area contributed by atoms with Crippen molar-refractivity contribution in [3.05, 3.63) is 18.1 Å². The van der Waals surface area contributed by atoms with Crippen LogP contribution in [0.5, 0.6) is 0 Å². The lowest BCUT2D eigenvalue weighted by atomic mass is 10.4. The first-order valence-corrected chi connectivity index (χ1v) is 4.88. The molecule has 0 spiro atoms. The number of esters is 1. The highest BCUT2D eigenvalue weighted by atomic mass is 16.5. The molecule has 1 aromatic heterocycles. The van der Waals surface area contributed by atoms with Gasteiger partial charge in [-0.25, -0.2) is 9.78 Å². The highest BCUT2D eigenvalue weighted by Gasteiger charge is 2.10. The van der Waals surface area contributed by atoms with Gasteiger partial charge in [-0.2, -0.15) is 0 Å². The quantitative estimate of drug-likeness (QED) is 0.695. The highest BCUT2D eigenvalue weighted by Crippen LogP contribution is 2.09. The summed E-state index contributed by atoms with van der Waals surface area (Å²) >= 11 is 0. The number of hydrogen-bond acceptors (Lipinski definition) is 5. The molecular weight excluding hydrogens is 194 g/mol. The molecule has 0 radical (unpaired) electrons. The standard InChI is InChI=1S/C10H15N3O2/c1-4-13(5-2)9-7-11-6-8(12-9)10(14)15-3/h6-7H,4-5H2,1-3H3. The van der Waals surface area contributed by atoms with Gasteiger partial charge in [0.1, 0.15) is 5.82 Å². The third-order valence-corrected chi connectivity index (χ3v) is 2.10. The van der Waals surface area contributed by atoms with Crippen molar-refractivity contribution in [1.82, 2.24) is 9.97 Å². The molecule has 0 aliphatic carbocycles. The van der Waals surface area contributed by atoms with Crippen LogP contribution in [-0.4, -0.2) is 36.1 Å². The predicted octanol–water partition coefficient (Wildman–Crippen LogP) is 1.11. The lowest BCUT2D eigenvalue weighted by molar-refractivity contribution is 0.0593. The fourth-order valence-electron chi connectivity index (χ4n) is 1.26. The van der Waals surface area contributed by atoms with Crippen LogP contribution < -0.4 is 4.90 Å². The van der Waals surface area contributed by atoms with Crippen molar-refractivity contribution in [2.75, 3.05) is 25.1 Å². The fraction of sp³-hybridized carbons (Fsp3) is 0.500. The minimum Gasteiger partial charge on any atom is -0.464 e. The Morgan fingerprint density at radius 1 is 1.40 bits per heavy atom. The van der Waals surface area contributed by atoms with Gasteiger partial charge in [-0.15, -0.1) is 0 Å². The summed E-state index contributed by atoms with van der Waals surface area (Å²) in [4.78, 5) is 21.4. The summed E-state index contributed by atoms with van der Waals surface area (Å²) in [6, 6.07) is 0. The molecule has 0 aromatic carbocycles. The largest absolute Gasteiger partial charge is 0.464 e. The Balaban J connectivity index is 2.96. The van der Waals surface area contributed by atoms with Gasteiger partial charge < -0.3 is 9.64 Å². The third-order valence-electron chi connectivity index (χ3n) is 2.10. The molecule has 5 heteroatoms. The molecule has 0 saturated carbocycles. The smallest absolute Gasteiger partial charge is 0.358 e. The maximum atomic E-state index is 11.2. The van der Waals surface area contributed by atoms with E-state index in [-0.39, 0.29) is 5.69 Å². The summed E-state index contributed by atoms with van der Waals surface area (Å²) in [5.41, 5.74) is 0.238. The zero-order valence-corrected chi connectivity index (χ0v) is 9.23. The Hall–Kier alpha value is -1.65. The predicted molar refractivity (Wildman–Crippen MR) is 56.9 cm³/mol. The first kappa shape index (κ1) is 11.4. The molecule has 0 saturated heterocycles. The van der Waals surface area contributed by atoms with Gasteiger partial charge in [-0.05, 0) is 13.8 Å². The number of ether oxygens (including phenoxy) is 1. The second-order valence-electron chi connectivity index (χ2n) is 2.93. The number of hydrogen-bond donors (Lipinski definition) is 0. The average Bonchev–Trinajstić information content (AvgIpc) is 2.30. The summed E-state index contributed by atoms with van der Waals surface area (Å²) < 4.78 is 4.58. The van der Waals surface area contributed by atoms with Gasteiger partial charge in [0.2, 0.25) is 0 Å². The summed E-state index contributed by atoms with van der Waals surface area (Å²) in [6.07, 6.45) is 3.04.